The highest BCUT2D eigenvalue weighted by Gasteiger charge is 2.24. The second-order valence-corrected chi connectivity index (χ2v) is 10.3. The fourth-order valence-electron chi connectivity index (χ4n) is 5.21. The summed E-state index contributed by atoms with van der Waals surface area (Å²) < 4.78 is 12.6. The van der Waals surface area contributed by atoms with Gasteiger partial charge in [-0.05, 0) is 59.7 Å². The second kappa shape index (κ2) is 13.1. The van der Waals surface area contributed by atoms with Crippen LogP contribution in [0.4, 0.5) is 5.82 Å². The van der Waals surface area contributed by atoms with E-state index >= 15 is 0 Å². The fraction of sp³-hybridized carbons (Fsp3) is 0.139. The molecule has 0 saturated carbocycles. The first kappa shape index (κ1) is 29.1. The topological polar surface area (TPSA) is 101 Å². The Labute approximate surface area is 261 Å². The third kappa shape index (κ3) is 6.21. The molecule has 3 heterocycles. The minimum absolute atomic E-state index is 0.444. The Hall–Kier alpha value is -6.01. The largest absolute Gasteiger partial charge is 0.497 e. The van der Waals surface area contributed by atoms with Crippen LogP contribution < -0.4 is 14.4 Å². The van der Waals surface area contributed by atoms with Gasteiger partial charge in [-0.25, -0.2) is 14.5 Å². The summed E-state index contributed by atoms with van der Waals surface area (Å²) >= 11 is 0. The average molecular weight is 594 g/mol. The lowest BCUT2D eigenvalue weighted by Crippen LogP contribution is -2.25. The Kier molecular flexibility index (Phi) is 8.47. The molecule has 0 bridgehead atoms. The third-order valence-corrected chi connectivity index (χ3v) is 7.47. The van der Waals surface area contributed by atoms with Gasteiger partial charge >= 0.3 is 0 Å². The lowest BCUT2D eigenvalue weighted by Gasteiger charge is -2.26. The predicted molar refractivity (Wildman–Crippen MR) is 174 cm³/mol. The predicted octanol–water partition coefficient (Wildman–Crippen LogP) is 6.52. The number of fused-ring (bicyclic) bond motifs is 1. The highest BCUT2D eigenvalue weighted by molar-refractivity contribution is 5.79. The van der Waals surface area contributed by atoms with E-state index in [4.69, 9.17) is 24.5 Å². The Morgan fingerprint density at radius 1 is 0.844 bits per heavy atom. The first-order chi connectivity index (χ1) is 22.1. The monoisotopic (exact) mass is 593 g/mol. The normalized spacial score (nSPS) is 10.8. The molecule has 0 radical (unpaired) electrons. The van der Waals surface area contributed by atoms with Crippen molar-refractivity contribution in [3.05, 3.63) is 138 Å². The van der Waals surface area contributed by atoms with Crippen LogP contribution in [0.15, 0.2) is 104 Å². The maximum Gasteiger partial charge on any atom is 0.199 e. The van der Waals surface area contributed by atoms with Gasteiger partial charge in [0.2, 0.25) is 0 Å². The van der Waals surface area contributed by atoms with E-state index in [-0.39, 0.29) is 0 Å². The van der Waals surface area contributed by atoms with Crippen LogP contribution in [0.1, 0.15) is 33.9 Å². The Balaban J connectivity index is 1.56. The summed E-state index contributed by atoms with van der Waals surface area (Å²) in [6, 6.07) is 31.5. The standard InChI is InChI=1S/C36H31N7O2/c1-4-32-34(31-11-6-5-9-27(31)22-37)40-35(36-39-33(41-43(32)36)21-28-10-7-8-20-38-28)42(23-25-12-16-29(44-2)17-13-25)24-26-14-18-30(45-3)19-15-26/h4-20H,1,21,23-24H2,2-3H3. The Bertz CT molecular complexity index is 1930. The lowest BCUT2D eigenvalue weighted by atomic mass is 10.0. The first-order valence-electron chi connectivity index (χ1n) is 14.4. The summed E-state index contributed by atoms with van der Waals surface area (Å²) in [5, 5.41) is 14.9. The van der Waals surface area contributed by atoms with E-state index in [0.29, 0.717) is 59.3 Å². The summed E-state index contributed by atoms with van der Waals surface area (Å²) in [5.41, 5.74) is 5.98. The van der Waals surface area contributed by atoms with Crippen molar-refractivity contribution in [2.45, 2.75) is 19.5 Å². The molecule has 3 aromatic heterocycles. The van der Waals surface area contributed by atoms with E-state index in [0.717, 1.165) is 28.3 Å². The molecule has 0 aliphatic rings. The van der Waals surface area contributed by atoms with E-state index < -0.39 is 0 Å². The van der Waals surface area contributed by atoms with E-state index in [1.807, 2.05) is 84.9 Å². The van der Waals surface area contributed by atoms with Crippen molar-refractivity contribution < 1.29 is 9.47 Å². The molecule has 9 heteroatoms. The molecule has 0 spiro atoms. The fourth-order valence-corrected chi connectivity index (χ4v) is 5.21. The van der Waals surface area contributed by atoms with Crippen LogP contribution in [0.25, 0.3) is 23.0 Å². The molecule has 0 N–H and O–H groups in total. The second-order valence-electron chi connectivity index (χ2n) is 10.3. The van der Waals surface area contributed by atoms with Gasteiger partial charge < -0.3 is 14.4 Å². The molecule has 0 fully saturated rings. The minimum Gasteiger partial charge on any atom is -0.497 e. The lowest BCUT2D eigenvalue weighted by molar-refractivity contribution is 0.414. The number of nitriles is 1. The van der Waals surface area contributed by atoms with Crippen LogP contribution in [0.2, 0.25) is 0 Å². The number of rotatable bonds is 11. The van der Waals surface area contributed by atoms with Gasteiger partial charge in [0.25, 0.3) is 0 Å². The average Bonchev–Trinajstić information content (AvgIpc) is 3.51. The van der Waals surface area contributed by atoms with Crippen molar-refractivity contribution in [3.8, 4) is 28.8 Å². The van der Waals surface area contributed by atoms with Crippen molar-refractivity contribution in [3.63, 3.8) is 0 Å². The third-order valence-electron chi connectivity index (χ3n) is 7.47. The van der Waals surface area contributed by atoms with Crippen LogP contribution in [-0.2, 0) is 19.5 Å². The summed E-state index contributed by atoms with van der Waals surface area (Å²) in [7, 11) is 3.31. The molecule has 0 saturated heterocycles. The molecule has 9 nitrogen and oxygen atoms in total. The molecule has 0 amide bonds. The maximum absolute atomic E-state index is 10.0. The quantitative estimate of drug-likeness (QED) is 0.167. The maximum atomic E-state index is 10.0. The molecule has 6 rings (SSSR count). The molecule has 0 atom stereocenters. The van der Waals surface area contributed by atoms with Gasteiger partial charge in [0.15, 0.2) is 17.3 Å². The van der Waals surface area contributed by atoms with Crippen LogP contribution in [0.5, 0.6) is 11.5 Å². The zero-order valence-electron chi connectivity index (χ0n) is 25.1. The van der Waals surface area contributed by atoms with Crippen LogP contribution in [0.3, 0.4) is 0 Å². The van der Waals surface area contributed by atoms with Gasteiger partial charge in [-0.15, -0.1) is 0 Å². The van der Waals surface area contributed by atoms with Crippen molar-refractivity contribution >= 4 is 17.5 Å². The van der Waals surface area contributed by atoms with Gasteiger partial charge in [-0.1, -0.05) is 55.1 Å². The van der Waals surface area contributed by atoms with Gasteiger partial charge in [0.05, 0.1) is 43.7 Å². The molecular formula is C36H31N7O2. The Morgan fingerprint density at radius 2 is 1.49 bits per heavy atom. The molecule has 0 unspecified atom stereocenters. The zero-order chi connectivity index (χ0) is 31.2. The van der Waals surface area contributed by atoms with E-state index in [1.54, 1.807) is 37.1 Å². The van der Waals surface area contributed by atoms with E-state index in [2.05, 4.69) is 22.5 Å². The SMILES string of the molecule is C=Cc1c(-c2ccccc2C#N)nc(N(Cc2ccc(OC)cc2)Cc2ccc(OC)cc2)c2nc(Cc3ccccn3)nn12. The molecular weight excluding hydrogens is 562 g/mol. The first-order valence-corrected chi connectivity index (χ1v) is 14.4. The number of hydrogen-bond acceptors (Lipinski definition) is 8. The zero-order valence-corrected chi connectivity index (χ0v) is 25.1. The van der Waals surface area contributed by atoms with Crippen molar-refractivity contribution in [2.75, 3.05) is 19.1 Å². The van der Waals surface area contributed by atoms with Crippen LogP contribution in [0, 0.1) is 11.3 Å². The summed E-state index contributed by atoms with van der Waals surface area (Å²) in [5.74, 6) is 2.78. The van der Waals surface area contributed by atoms with E-state index in [9.17, 15) is 5.26 Å². The van der Waals surface area contributed by atoms with Gasteiger partial charge in [-0.3, -0.25) is 4.98 Å². The highest BCUT2D eigenvalue weighted by Crippen LogP contribution is 2.33. The van der Waals surface area contributed by atoms with Gasteiger partial charge in [-0.2, -0.15) is 10.4 Å². The molecule has 222 valence electrons. The van der Waals surface area contributed by atoms with Gasteiger partial charge in [0.1, 0.15) is 11.5 Å². The van der Waals surface area contributed by atoms with Crippen LogP contribution in [-0.4, -0.2) is 38.8 Å². The number of pyridine rings is 1. The van der Waals surface area contributed by atoms with Crippen molar-refractivity contribution in [1.82, 2.24) is 24.6 Å². The summed E-state index contributed by atoms with van der Waals surface area (Å²) in [6.07, 6.45) is 3.92. The van der Waals surface area contributed by atoms with E-state index in [1.165, 1.54) is 0 Å². The highest BCUT2D eigenvalue weighted by atomic mass is 16.5. The number of hydrogen-bond donors (Lipinski definition) is 0. The Morgan fingerprint density at radius 3 is 2.07 bits per heavy atom. The van der Waals surface area contributed by atoms with Crippen molar-refractivity contribution in [1.29, 1.82) is 5.26 Å². The van der Waals surface area contributed by atoms with Crippen LogP contribution >= 0.6 is 0 Å². The number of nitrogens with zero attached hydrogens (tertiary/aromatic N) is 7. The molecule has 0 aliphatic heterocycles. The number of methoxy groups -OCH3 is 2. The molecule has 0 aliphatic carbocycles. The van der Waals surface area contributed by atoms with Gasteiger partial charge in [0, 0.05) is 30.5 Å². The smallest absolute Gasteiger partial charge is 0.199 e. The summed E-state index contributed by atoms with van der Waals surface area (Å²) in [6.45, 7) is 5.14. The number of benzene rings is 3. The number of anilines is 1. The number of ether oxygens (including phenoxy) is 2. The molecule has 6 aromatic rings. The summed E-state index contributed by atoms with van der Waals surface area (Å²) in [4.78, 5) is 16.9. The molecule has 3 aromatic carbocycles. The minimum atomic E-state index is 0.444. The molecule has 45 heavy (non-hydrogen) atoms. The van der Waals surface area contributed by atoms with Crippen molar-refractivity contribution in [2.24, 2.45) is 0 Å². The number of aromatic nitrogens is 5.